The SMILES string of the molecule is CN=C(NCC(O)c1cc2ccccc2s1)NCC1(c2ccccc2C)CCOCC1.I. The van der Waals surface area contributed by atoms with Crippen LogP contribution in [-0.2, 0) is 10.2 Å². The van der Waals surface area contributed by atoms with Gasteiger partial charge in [-0.15, -0.1) is 35.3 Å². The number of benzene rings is 2. The Bertz CT molecular complexity index is 1010. The molecule has 1 unspecified atom stereocenters. The predicted molar refractivity (Wildman–Crippen MR) is 144 cm³/mol. The quantitative estimate of drug-likeness (QED) is 0.229. The first-order valence-electron chi connectivity index (χ1n) is 10.9. The van der Waals surface area contributed by atoms with E-state index in [-0.39, 0.29) is 29.4 Å². The number of ether oxygens (including phenoxy) is 1. The van der Waals surface area contributed by atoms with Crippen LogP contribution in [0, 0.1) is 6.92 Å². The molecule has 32 heavy (non-hydrogen) atoms. The first kappa shape index (κ1) is 25.0. The van der Waals surface area contributed by atoms with Crippen molar-refractivity contribution in [2.45, 2.75) is 31.3 Å². The fourth-order valence-electron chi connectivity index (χ4n) is 4.41. The molecule has 1 aliphatic heterocycles. The van der Waals surface area contributed by atoms with Crippen molar-refractivity contribution in [2.75, 3.05) is 33.4 Å². The maximum Gasteiger partial charge on any atom is 0.191 e. The third-order valence-corrected chi connectivity index (χ3v) is 7.44. The van der Waals surface area contributed by atoms with Gasteiger partial charge in [-0.2, -0.15) is 0 Å². The minimum absolute atomic E-state index is 0. The molecule has 0 amide bonds. The Morgan fingerprint density at radius 1 is 1.12 bits per heavy atom. The number of rotatable bonds is 6. The van der Waals surface area contributed by atoms with Gasteiger partial charge in [0.1, 0.15) is 6.10 Å². The van der Waals surface area contributed by atoms with Crippen LogP contribution in [0.3, 0.4) is 0 Å². The van der Waals surface area contributed by atoms with Crippen molar-refractivity contribution in [3.05, 3.63) is 70.6 Å². The number of thiophene rings is 1. The lowest BCUT2D eigenvalue weighted by Gasteiger charge is -2.39. The number of guanidine groups is 1. The van der Waals surface area contributed by atoms with Crippen molar-refractivity contribution in [2.24, 2.45) is 4.99 Å². The van der Waals surface area contributed by atoms with Crippen LogP contribution < -0.4 is 10.6 Å². The lowest BCUT2D eigenvalue weighted by atomic mass is 9.72. The Morgan fingerprint density at radius 2 is 1.84 bits per heavy atom. The van der Waals surface area contributed by atoms with Gasteiger partial charge in [0, 0.05) is 48.3 Å². The van der Waals surface area contributed by atoms with Crippen molar-refractivity contribution in [1.29, 1.82) is 0 Å². The minimum atomic E-state index is -0.579. The number of aliphatic hydroxyl groups is 1. The number of hydrogen-bond donors (Lipinski definition) is 3. The van der Waals surface area contributed by atoms with Crippen molar-refractivity contribution >= 4 is 51.4 Å². The van der Waals surface area contributed by atoms with Crippen LogP contribution in [0.15, 0.2) is 59.6 Å². The van der Waals surface area contributed by atoms with E-state index in [1.165, 1.54) is 21.2 Å². The van der Waals surface area contributed by atoms with Gasteiger partial charge in [0.25, 0.3) is 0 Å². The van der Waals surface area contributed by atoms with E-state index in [0.29, 0.717) is 12.5 Å². The van der Waals surface area contributed by atoms with Crippen LogP contribution in [0.2, 0.25) is 0 Å². The number of aliphatic hydroxyl groups excluding tert-OH is 1. The predicted octanol–water partition coefficient (Wildman–Crippen LogP) is 4.77. The van der Waals surface area contributed by atoms with Gasteiger partial charge in [0.05, 0.1) is 0 Å². The van der Waals surface area contributed by atoms with Gasteiger partial charge >= 0.3 is 0 Å². The number of nitrogens with one attached hydrogen (secondary N) is 2. The van der Waals surface area contributed by atoms with E-state index in [4.69, 9.17) is 4.74 Å². The molecule has 1 saturated heterocycles. The number of aliphatic imine (C=N–C) groups is 1. The van der Waals surface area contributed by atoms with Crippen LogP contribution in [0.25, 0.3) is 10.1 Å². The highest BCUT2D eigenvalue weighted by atomic mass is 127. The highest BCUT2D eigenvalue weighted by molar-refractivity contribution is 14.0. The minimum Gasteiger partial charge on any atom is -0.386 e. The summed E-state index contributed by atoms with van der Waals surface area (Å²) < 4.78 is 6.86. The topological polar surface area (TPSA) is 65.9 Å². The van der Waals surface area contributed by atoms with Crippen LogP contribution in [-0.4, -0.2) is 44.4 Å². The zero-order valence-electron chi connectivity index (χ0n) is 18.6. The first-order chi connectivity index (χ1) is 15.1. The van der Waals surface area contributed by atoms with Crippen LogP contribution in [0.4, 0.5) is 0 Å². The second kappa shape index (κ2) is 11.4. The third kappa shape index (κ3) is 5.62. The molecule has 0 saturated carbocycles. The van der Waals surface area contributed by atoms with Gasteiger partial charge in [-0.05, 0) is 48.4 Å². The zero-order valence-corrected chi connectivity index (χ0v) is 21.8. The average molecular weight is 566 g/mol. The molecular weight excluding hydrogens is 533 g/mol. The highest BCUT2D eigenvalue weighted by Gasteiger charge is 2.35. The molecule has 2 aromatic carbocycles. The molecule has 0 aliphatic carbocycles. The van der Waals surface area contributed by atoms with Crippen molar-refractivity contribution < 1.29 is 9.84 Å². The van der Waals surface area contributed by atoms with Crippen molar-refractivity contribution in [3.8, 4) is 0 Å². The third-order valence-electron chi connectivity index (χ3n) is 6.22. The van der Waals surface area contributed by atoms with Crippen LogP contribution in [0.1, 0.15) is 34.9 Å². The van der Waals surface area contributed by atoms with Gasteiger partial charge in [-0.25, -0.2) is 0 Å². The van der Waals surface area contributed by atoms with Gasteiger partial charge in [0.2, 0.25) is 0 Å². The summed E-state index contributed by atoms with van der Waals surface area (Å²) in [6, 6.07) is 18.9. The van der Waals surface area contributed by atoms with Gasteiger partial charge < -0.3 is 20.5 Å². The van der Waals surface area contributed by atoms with E-state index in [9.17, 15) is 5.11 Å². The van der Waals surface area contributed by atoms with E-state index in [2.05, 4.69) is 65.0 Å². The Labute approximate surface area is 211 Å². The molecule has 3 N–H and O–H groups in total. The first-order valence-corrected chi connectivity index (χ1v) is 11.7. The molecule has 1 fully saturated rings. The largest absolute Gasteiger partial charge is 0.386 e. The Morgan fingerprint density at radius 3 is 2.56 bits per heavy atom. The number of aryl methyl sites for hydroxylation is 1. The molecular formula is C25H32IN3O2S. The van der Waals surface area contributed by atoms with Crippen molar-refractivity contribution in [3.63, 3.8) is 0 Å². The summed E-state index contributed by atoms with van der Waals surface area (Å²) in [5, 5.41) is 18.7. The fraction of sp³-hybridized carbons (Fsp3) is 0.400. The fourth-order valence-corrected chi connectivity index (χ4v) is 5.46. The molecule has 3 aromatic rings. The van der Waals surface area contributed by atoms with Gasteiger partial charge in [-0.3, -0.25) is 4.99 Å². The number of halogens is 1. The smallest absolute Gasteiger partial charge is 0.191 e. The Kier molecular flexibility index (Phi) is 8.93. The molecule has 1 aliphatic rings. The van der Waals surface area contributed by atoms with Crippen LogP contribution in [0.5, 0.6) is 0 Å². The lowest BCUT2D eigenvalue weighted by molar-refractivity contribution is 0.0511. The summed E-state index contributed by atoms with van der Waals surface area (Å²) in [4.78, 5) is 5.35. The van der Waals surface area contributed by atoms with E-state index >= 15 is 0 Å². The highest BCUT2D eigenvalue weighted by Crippen LogP contribution is 2.36. The molecule has 4 rings (SSSR count). The molecule has 172 valence electrons. The molecule has 5 nitrogen and oxygen atoms in total. The van der Waals surface area contributed by atoms with Gasteiger partial charge in [-0.1, -0.05) is 42.5 Å². The molecule has 7 heteroatoms. The van der Waals surface area contributed by atoms with E-state index in [0.717, 1.165) is 37.5 Å². The van der Waals surface area contributed by atoms with E-state index in [1.54, 1.807) is 18.4 Å². The average Bonchev–Trinajstić information content (AvgIpc) is 3.24. The normalized spacial score (nSPS) is 16.9. The van der Waals surface area contributed by atoms with E-state index < -0.39 is 6.10 Å². The zero-order chi connectivity index (χ0) is 21.7. The molecule has 0 radical (unpaired) electrons. The Balaban J connectivity index is 0.00000289. The summed E-state index contributed by atoms with van der Waals surface area (Å²) in [7, 11) is 1.77. The summed E-state index contributed by atoms with van der Waals surface area (Å²) >= 11 is 1.63. The number of fused-ring (bicyclic) bond motifs is 1. The van der Waals surface area contributed by atoms with Crippen molar-refractivity contribution in [1.82, 2.24) is 10.6 Å². The number of hydrogen-bond acceptors (Lipinski definition) is 4. The second-order valence-corrected chi connectivity index (χ2v) is 9.33. The summed E-state index contributed by atoms with van der Waals surface area (Å²) in [6.45, 7) is 4.91. The Hall–Kier alpha value is -1.68. The van der Waals surface area contributed by atoms with Crippen LogP contribution >= 0.6 is 35.3 Å². The lowest BCUT2D eigenvalue weighted by Crippen LogP contribution is -2.48. The summed E-state index contributed by atoms with van der Waals surface area (Å²) in [5.41, 5.74) is 2.71. The monoisotopic (exact) mass is 565 g/mol. The van der Waals surface area contributed by atoms with Gasteiger partial charge in [0.15, 0.2) is 5.96 Å². The molecule has 1 aromatic heterocycles. The second-order valence-electron chi connectivity index (χ2n) is 8.22. The molecule has 1 atom stereocenters. The summed E-state index contributed by atoms with van der Waals surface area (Å²) in [5.74, 6) is 0.708. The summed E-state index contributed by atoms with van der Waals surface area (Å²) in [6.07, 6.45) is 1.38. The molecule has 0 spiro atoms. The maximum atomic E-state index is 10.7. The standard InChI is InChI=1S/C25H31N3O2S.HI/c1-18-7-3-5-9-20(18)25(11-13-30-14-12-25)17-28-24(26-2)27-16-21(29)23-15-19-8-4-6-10-22(19)31-23;/h3-10,15,21,29H,11-14,16-17H2,1-2H3,(H2,26,27,28);1H. The molecule has 2 heterocycles. The van der Waals surface area contributed by atoms with E-state index in [1.807, 2.05) is 12.1 Å². The maximum absolute atomic E-state index is 10.7. The molecule has 0 bridgehead atoms. The number of nitrogens with zero attached hydrogens (tertiary/aromatic N) is 1.